The van der Waals surface area contributed by atoms with Crippen LogP contribution >= 0.6 is 0 Å². The number of aryl methyl sites for hydroxylation is 1. The summed E-state index contributed by atoms with van der Waals surface area (Å²) >= 11 is 0. The zero-order valence-corrected chi connectivity index (χ0v) is 14.9. The summed E-state index contributed by atoms with van der Waals surface area (Å²) < 4.78 is 2.79. The van der Waals surface area contributed by atoms with Gasteiger partial charge in [-0.15, -0.1) is 10.2 Å². The molecule has 0 aliphatic carbocycles. The lowest BCUT2D eigenvalue weighted by molar-refractivity contribution is 0.102. The average Bonchev–Trinajstić information content (AvgIpc) is 3.25. The Morgan fingerprint density at radius 2 is 1.86 bits per heavy atom. The predicted molar refractivity (Wildman–Crippen MR) is 102 cm³/mol. The maximum atomic E-state index is 12.6. The van der Waals surface area contributed by atoms with E-state index in [0.717, 1.165) is 0 Å². The summed E-state index contributed by atoms with van der Waals surface area (Å²) in [4.78, 5) is 24.2. The Hall–Kier alpha value is -4.14. The highest BCUT2D eigenvalue weighted by Gasteiger charge is 2.13. The van der Waals surface area contributed by atoms with E-state index in [9.17, 15) is 9.59 Å². The van der Waals surface area contributed by atoms with Gasteiger partial charge in [0.15, 0.2) is 11.5 Å². The molecule has 3 aromatic heterocycles. The van der Waals surface area contributed by atoms with Gasteiger partial charge in [-0.2, -0.15) is 10.2 Å². The van der Waals surface area contributed by atoms with Gasteiger partial charge in [0.25, 0.3) is 11.5 Å². The summed E-state index contributed by atoms with van der Waals surface area (Å²) in [5, 5.41) is 19.1. The number of amides is 1. The lowest BCUT2D eigenvalue weighted by Crippen LogP contribution is -2.19. The van der Waals surface area contributed by atoms with E-state index < -0.39 is 5.91 Å². The molecule has 0 bridgehead atoms. The third kappa shape index (κ3) is 3.40. The molecule has 4 rings (SSSR count). The Morgan fingerprint density at radius 3 is 2.57 bits per heavy atom. The fourth-order valence-corrected chi connectivity index (χ4v) is 2.62. The number of hydrogen-bond acceptors (Lipinski definition) is 6. The second kappa shape index (κ2) is 7.23. The molecule has 0 fully saturated rings. The molecule has 0 spiro atoms. The normalized spacial score (nSPS) is 10.6. The molecule has 0 aliphatic heterocycles. The molecule has 3 heterocycles. The number of carbonyl (C=O) groups is 1. The third-order valence-corrected chi connectivity index (χ3v) is 4.03. The van der Waals surface area contributed by atoms with Crippen LogP contribution < -0.4 is 10.9 Å². The number of aromatic nitrogens is 6. The average molecular weight is 373 g/mol. The van der Waals surface area contributed by atoms with Crippen LogP contribution in [0.1, 0.15) is 10.5 Å². The molecule has 1 N–H and O–H groups in total. The number of anilines is 1. The largest absolute Gasteiger partial charge is 0.320 e. The minimum Gasteiger partial charge on any atom is -0.320 e. The van der Waals surface area contributed by atoms with Crippen molar-refractivity contribution in [3.05, 3.63) is 83.0 Å². The van der Waals surface area contributed by atoms with Crippen molar-refractivity contribution in [2.75, 3.05) is 5.32 Å². The molecule has 138 valence electrons. The maximum absolute atomic E-state index is 12.6. The maximum Gasteiger partial charge on any atom is 0.276 e. The highest BCUT2D eigenvalue weighted by molar-refractivity contribution is 6.04. The van der Waals surface area contributed by atoms with Crippen molar-refractivity contribution in [3.8, 4) is 17.1 Å². The number of nitrogens with one attached hydrogen (secondary N) is 1. The molecule has 0 atom stereocenters. The summed E-state index contributed by atoms with van der Waals surface area (Å²) in [5.41, 5.74) is 1.76. The second-order valence-corrected chi connectivity index (χ2v) is 5.91. The number of rotatable bonds is 4. The van der Waals surface area contributed by atoms with Gasteiger partial charge in [-0.05, 0) is 30.3 Å². The molecule has 0 saturated heterocycles. The van der Waals surface area contributed by atoms with Crippen LogP contribution in [0.25, 0.3) is 17.1 Å². The van der Waals surface area contributed by atoms with Crippen LogP contribution in [0.5, 0.6) is 0 Å². The van der Waals surface area contributed by atoms with Crippen LogP contribution in [-0.2, 0) is 7.05 Å². The van der Waals surface area contributed by atoms with Gasteiger partial charge in [-0.25, -0.2) is 9.36 Å². The van der Waals surface area contributed by atoms with Crippen LogP contribution in [0.2, 0.25) is 0 Å². The van der Waals surface area contributed by atoms with Crippen molar-refractivity contribution in [3.63, 3.8) is 0 Å². The van der Waals surface area contributed by atoms with Crippen molar-refractivity contribution in [1.29, 1.82) is 0 Å². The predicted octanol–water partition coefficient (Wildman–Crippen LogP) is 1.68. The standard InChI is InChI=1S/C19H15N7O2/c1-25-18(27)10-8-15(24-25)13-5-2-3-6-14(13)21-19(28)16-7-9-17(23-22-16)26-12-4-11-20-26/h2-12H,1H3,(H,21,28). The molecule has 0 aliphatic rings. The zero-order chi connectivity index (χ0) is 19.5. The molecule has 0 saturated carbocycles. The van der Waals surface area contributed by atoms with Gasteiger partial charge >= 0.3 is 0 Å². The van der Waals surface area contributed by atoms with Gasteiger partial charge in [0.2, 0.25) is 0 Å². The van der Waals surface area contributed by atoms with E-state index >= 15 is 0 Å². The third-order valence-electron chi connectivity index (χ3n) is 4.03. The van der Waals surface area contributed by atoms with Crippen molar-refractivity contribution in [2.45, 2.75) is 0 Å². The first-order valence-corrected chi connectivity index (χ1v) is 8.41. The van der Waals surface area contributed by atoms with E-state index in [1.54, 1.807) is 60.5 Å². The first-order valence-electron chi connectivity index (χ1n) is 8.41. The summed E-state index contributed by atoms with van der Waals surface area (Å²) in [6, 6.07) is 15.3. The zero-order valence-electron chi connectivity index (χ0n) is 14.9. The Labute approximate surface area is 159 Å². The number of benzene rings is 1. The first-order chi connectivity index (χ1) is 13.6. The van der Waals surface area contributed by atoms with Crippen molar-refractivity contribution in [2.24, 2.45) is 7.05 Å². The lowest BCUT2D eigenvalue weighted by Gasteiger charge is -2.11. The number of nitrogens with zero attached hydrogens (tertiary/aromatic N) is 6. The van der Waals surface area contributed by atoms with Crippen LogP contribution in [0, 0.1) is 0 Å². The quantitative estimate of drug-likeness (QED) is 0.583. The highest BCUT2D eigenvalue weighted by atomic mass is 16.2. The highest BCUT2D eigenvalue weighted by Crippen LogP contribution is 2.25. The fraction of sp³-hybridized carbons (Fsp3) is 0.0526. The Bertz CT molecular complexity index is 1180. The van der Waals surface area contributed by atoms with Gasteiger partial charge in [0.05, 0.1) is 11.4 Å². The van der Waals surface area contributed by atoms with Gasteiger partial charge in [0.1, 0.15) is 0 Å². The van der Waals surface area contributed by atoms with Crippen LogP contribution in [0.3, 0.4) is 0 Å². The van der Waals surface area contributed by atoms with Gasteiger partial charge in [-0.1, -0.05) is 18.2 Å². The molecule has 1 amide bonds. The monoisotopic (exact) mass is 373 g/mol. The molecular weight excluding hydrogens is 358 g/mol. The Kier molecular flexibility index (Phi) is 4.47. The molecule has 0 radical (unpaired) electrons. The lowest BCUT2D eigenvalue weighted by atomic mass is 10.1. The topological polar surface area (TPSA) is 108 Å². The molecule has 0 unspecified atom stereocenters. The van der Waals surface area contributed by atoms with Crippen molar-refractivity contribution in [1.82, 2.24) is 29.8 Å². The molecule has 9 heteroatoms. The Balaban J connectivity index is 1.60. The minimum atomic E-state index is -0.406. The summed E-state index contributed by atoms with van der Waals surface area (Å²) in [7, 11) is 1.57. The Morgan fingerprint density at radius 1 is 1.00 bits per heavy atom. The number of carbonyl (C=O) groups excluding carboxylic acids is 1. The van der Waals surface area contributed by atoms with Crippen LogP contribution in [0.15, 0.2) is 71.8 Å². The first kappa shape index (κ1) is 17.3. The molecule has 28 heavy (non-hydrogen) atoms. The van der Waals surface area contributed by atoms with E-state index in [-0.39, 0.29) is 11.3 Å². The molecular formula is C19H15N7O2. The fourth-order valence-electron chi connectivity index (χ4n) is 2.62. The van der Waals surface area contributed by atoms with Gasteiger partial charge in [-0.3, -0.25) is 9.59 Å². The summed E-state index contributed by atoms with van der Waals surface area (Å²) in [6.07, 6.45) is 3.37. The van der Waals surface area contributed by atoms with Crippen LogP contribution in [0.4, 0.5) is 5.69 Å². The van der Waals surface area contributed by atoms with E-state index in [4.69, 9.17) is 0 Å². The van der Waals surface area contributed by atoms with E-state index in [2.05, 4.69) is 25.7 Å². The van der Waals surface area contributed by atoms with E-state index in [0.29, 0.717) is 22.8 Å². The van der Waals surface area contributed by atoms with Crippen LogP contribution in [-0.4, -0.2) is 35.7 Å². The molecule has 9 nitrogen and oxygen atoms in total. The minimum absolute atomic E-state index is 0.166. The number of hydrogen-bond donors (Lipinski definition) is 1. The van der Waals surface area contributed by atoms with Crippen molar-refractivity contribution >= 4 is 11.6 Å². The van der Waals surface area contributed by atoms with E-state index in [1.807, 2.05) is 12.1 Å². The SMILES string of the molecule is Cn1nc(-c2ccccc2NC(=O)c2ccc(-n3cccn3)nn2)ccc1=O. The van der Waals surface area contributed by atoms with Gasteiger partial charge < -0.3 is 5.32 Å². The van der Waals surface area contributed by atoms with E-state index in [1.165, 1.54) is 10.7 Å². The summed E-state index contributed by atoms with van der Waals surface area (Å²) in [5.74, 6) is 0.105. The smallest absolute Gasteiger partial charge is 0.276 e. The summed E-state index contributed by atoms with van der Waals surface area (Å²) in [6.45, 7) is 0. The molecule has 4 aromatic rings. The second-order valence-electron chi connectivity index (χ2n) is 5.91. The van der Waals surface area contributed by atoms with Crippen molar-refractivity contribution < 1.29 is 4.79 Å². The number of para-hydroxylation sites is 1. The van der Waals surface area contributed by atoms with Gasteiger partial charge in [0, 0.05) is 31.1 Å². The molecule has 1 aromatic carbocycles.